The monoisotopic (exact) mass is 500 g/mol. The van der Waals surface area contributed by atoms with Gasteiger partial charge < -0.3 is 15.2 Å². The van der Waals surface area contributed by atoms with Crippen LogP contribution in [0.4, 0.5) is 11.4 Å². The molecule has 0 aliphatic carbocycles. The Kier molecular flexibility index (Phi) is 6.44. The van der Waals surface area contributed by atoms with Crippen molar-refractivity contribution >= 4 is 34.1 Å². The molecule has 6 heteroatoms. The molecule has 188 valence electrons. The molecule has 0 unspecified atom stereocenters. The standard InChI is InChI=1S/C32H28N4O2/c37-30(23-13-15-27(16-14-23)36-18-4-5-19-36)21-22-8-17-28-29(20-22)35-31(34-28)24-9-11-25(12-10-24)32(38)33-26-6-2-1-3-7-26/h1-3,6-17,20H,4-5,18-19,21H2,(H,33,38)(H,34,35). The third kappa shape index (κ3) is 5.06. The average Bonchev–Trinajstić information content (AvgIpc) is 3.64. The number of nitrogens with one attached hydrogen (secondary N) is 2. The zero-order chi connectivity index (χ0) is 25.9. The number of H-pyrrole nitrogens is 1. The highest BCUT2D eigenvalue weighted by atomic mass is 16.1. The molecule has 4 aromatic carbocycles. The van der Waals surface area contributed by atoms with Gasteiger partial charge in [-0.05, 0) is 79.1 Å². The second-order valence-electron chi connectivity index (χ2n) is 9.68. The summed E-state index contributed by atoms with van der Waals surface area (Å²) in [6.07, 6.45) is 2.80. The van der Waals surface area contributed by atoms with Gasteiger partial charge >= 0.3 is 0 Å². The Labute approximate surface area is 221 Å². The van der Waals surface area contributed by atoms with Crippen molar-refractivity contribution in [2.24, 2.45) is 0 Å². The van der Waals surface area contributed by atoms with Gasteiger partial charge in [0.05, 0.1) is 11.0 Å². The van der Waals surface area contributed by atoms with Crippen LogP contribution in [-0.4, -0.2) is 34.7 Å². The summed E-state index contributed by atoms with van der Waals surface area (Å²) in [6, 6.07) is 30.6. The molecule has 6 rings (SSSR count). The maximum absolute atomic E-state index is 12.9. The summed E-state index contributed by atoms with van der Waals surface area (Å²) in [6.45, 7) is 2.18. The van der Waals surface area contributed by atoms with Crippen LogP contribution in [0, 0.1) is 0 Å². The smallest absolute Gasteiger partial charge is 0.255 e. The van der Waals surface area contributed by atoms with Gasteiger partial charge in [0.25, 0.3) is 5.91 Å². The molecule has 0 bridgehead atoms. The van der Waals surface area contributed by atoms with Gasteiger partial charge in [0.1, 0.15) is 5.82 Å². The minimum Gasteiger partial charge on any atom is -0.372 e. The van der Waals surface area contributed by atoms with E-state index in [-0.39, 0.29) is 11.7 Å². The lowest BCUT2D eigenvalue weighted by Crippen LogP contribution is -2.17. The molecule has 1 aliphatic rings. The van der Waals surface area contributed by atoms with Gasteiger partial charge in [0.15, 0.2) is 5.78 Å². The molecule has 2 N–H and O–H groups in total. The number of carbonyl (C=O) groups is 2. The quantitative estimate of drug-likeness (QED) is 0.250. The van der Waals surface area contributed by atoms with Crippen molar-refractivity contribution in [2.75, 3.05) is 23.3 Å². The number of aromatic nitrogens is 2. The summed E-state index contributed by atoms with van der Waals surface area (Å²) in [7, 11) is 0. The number of hydrogen-bond acceptors (Lipinski definition) is 4. The number of para-hydroxylation sites is 1. The number of carbonyl (C=O) groups excluding carboxylic acids is 2. The summed E-state index contributed by atoms with van der Waals surface area (Å²) in [5.74, 6) is 0.657. The lowest BCUT2D eigenvalue weighted by Gasteiger charge is -2.17. The molecule has 1 aliphatic heterocycles. The number of nitrogens with zero attached hydrogens (tertiary/aromatic N) is 2. The van der Waals surface area contributed by atoms with E-state index in [0.29, 0.717) is 12.0 Å². The van der Waals surface area contributed by atoms with E-state index in [9.17, 15) is 9.59 Å². The van der Waals surface area contributed by atoms with E-state index in [1.165, 1.54) is 18.5 Å². The Bertz CT molecular complexity index is 1580. The number of benzene rings is 4. The van der Waals surface area contributed by atoms with Gasteiger partial charge in [0, 0.05) is 47.6 Å². The van der Waals surface area contributed by atoms with Crippen LogP contribution in [0.15, 0.2) is 97.1 Å². The van der Waals surface area contributed by atoms with Gasteiger partial charge in [0.2, 0.25) is 0 Å². The third-order valence-electron chi connectivity index (χ3n) is 7.02. The lowest BCUT2D eigenvalue weighted by molar-refractivity contribution is 0.0991. The zero-order valence-electron chi connectivity index (χ0n) is 21.0. The Hall–Kier alpha value is -4.71. The minimum absolute atomic E-state index is 0.0985. The maximum Gasteiger partial charge on any atom is 0.255 e. The van der Waals surface area contributed by atoms with Crippen LogP contribution in [0.25, 0.3) is 22.4 Å². The predicted molar refractivity (Wildman–Crippen MR) is 152 cm³/mol. The van der Waals surface area contributed by atoms with E-state index in [1.54, 1.807) is 12.1 Å². The van der Waals surface area contributed by atoms with Crippen molar-refractivity contribution < 1.29 is 9.59 Å². The van der Waals surface area contributed by atoms with Crippen LogP contribution in [0.3, 0.4) is 0 Å². The van der Waals surface area contributed by atoms with E-state index in [2.05, 4.69) is 27.3 Å². The molecule has 1 fully saturated rings. The first kappa shape index (κ1) is 23.7. The number of ketones is 1. The molecule has 6 nitrogen and oxygen atoms in total. The summed E-state index contributed by atoms with van der Waals surface area (Å²) in [5.41, 5.74) is 6.78. The fraction of sp³-hybridized carbons (Fsp3) is 0.156. The van der Waals surface area contributed by atoms with E-state index in [1.807, 2.05) is 72.8 Å². The van der Waals surface area contributed by atoms with Crippen molar-refractivity contribution in [1.29, 1.82) is 0 Å². The van der Waals surface area contributed by atoms with Crippen molar-refractivity contribution in [3.63, 3.8) is 0 Å². The first-order valence-corrected chi connectivity index (χ1v) is 13.0. The van der Waals surface area contributed by atoms with E-state index < -0.39 is 0 Å². The molecule has 0 radical (unpaired) electrons. The molecule has 1 aromatic heterocycles. The van der Waals surface area contributed by atoms with Crippen LogP contribution in [-0.2, 0) is 6.42 Å². The summed E-state index contributed by atoms with van der Waals surface area (Å²) in [5, 5.41) is 2.90. The highest BCUT2D eigenvalue weighted by molar-refractivity contribution is 6.04. The van der Waals surface area contributed by atoms with Crippen LogP contribution >= 0.6 is 0 Å². The van der Waals surface area contributed by atoms with Gasteiger partial charge in [-0.15, -0.1) is 0 Å². The van der Waals surface area contributed by atoms with Crippen molar-refractivity contribution in [3.8, 4) is 11.4 Å². The number of amides is 1. The fourth-order valence-corrected chi connectivity index (χ4v) is 4.93. The molecule has 0 atom stereocenters. The molecule has 1 saturated heterocycles. The second kappa shape index (κ2) is 10.3. The van der Waals surface area contributed by atoms with Crippen LogP contribution in [0.1, 0.15) is 39.1 Å². The molecule has 2 heterocycles. The molecular weight excluding hydrogens is 472 g/mol. The number of fused-ring (bicyclic) bond motifs is 1. The average molecular weight is 501 g/mol. The number of rotatable bonds is 7. The van der Waals surface area contributed by atoms with Crippen LogP contribution in [0.5, 0.6) is 0 Å². The van der Waals surface area contributed by atoms with Crippen molar-refractivity contribution in [2.45, 2.75) is 19.3 Å². The molecule has 0 saturated carbocycles. The van der Waals surface area contributed by atoms with Gasteiger partial charge in [-0.1, -0.05) is 36.4 Å². The van der Waals surface area contributed by atoms with E-state index in [0.717, 1.165) is 52.3 Å². The second-order valence-corrected chi connectivity index (χ2v) is 9.68. The van der Waals surface area contributed by atoms with E-state index in [4.69, 9.17) is 4.98 Å². The summed E-state index contributed by atoms with van der Waals surface area (Å²) < 4.78 is 0. The number of hydrogen-bond donors (Lipinski definition) is 2. The largest absolute Gasteiger partial charge is 0.372 e. The number of imidazole rings is 1. The van der Waals surface area contributed by atoms with E-state index >= 15 is 0 Å². The van der Waals surface area contributed by atoms with Gasteiger partial charge in [-0.25, -0.2) is 4.98 Å². The summed E-state index contributed by atoms with van der Waals surface area (Å²) >= 11 is 0. The molecule has 0 spiro atoms. The normalized spacial score (nSPS) is 13.1. The summed E-state index contributed by atoms with van der Waals surface area (Å²) in [4.78, 5) is 35.9. The van der Waals surface area contributed by atoms with Crippen molar-refractivity contribution in [1.82, 2.24) is 9.97 Å². The van der Waals surface area contributed by atoms with Gasteiger partial charge in [-0.2, -0.15) is 0 Å². The molecule has 1 amide bonds. The lowest BCUT2D eigenvalue weighted by atomic mass is 10.0. The van der Waals surface area contributed by atoms with Crippen molar-refractivity contribution in [3.05, 3.63) is 114 Å². The highest BCUT2D eigenvalue weighted by Gasteiger charge is 2.14. The Morgan fingerprint density at radius 1 is 0.816 bits per heavy atom. The molecular formula is C32H28N4O2. The number of aromatic amines is 1. The maximum atomic E-state index is 12.9. The number of anilines is 2. The topological polar surface area (TPSA) is 78.1 Å². The Morgan fingerprint density at radius 3 is 2.26 bits per heavy atom. The SMILES string of the molecule is O=C(Cc1ccc2nc(-c3ccc(C(=O)Nc4ccccc4)cc3)[nH]c2c1)c1ccc(N2CCCC2)cc1. The highest BCUT2D eigenvalue weighted by Crippen LogP contribution is 2.24. The fourth-order valence-electron chi connectivity index (χ4n) is 4.93. The zero-order valence-corrected chi connectivity index (χ0v) is 21.0. The molecule has 5 aromatic rings. The third-order valence-corrected chi connectivity index (χ3v) is 7.02. The molecule has 38 heavy (non-hydrogen) atoms. The Morgan fingerprint density at radius 2 is 1.53 bits per heavy atom. The van der Waals surface area contributed by atoms with Crippen LogP contribution in [0.2, 0.25) is 0 Å². The Balaban J connectivity index is 1.14. The number of Topliss-reactive ketones (excluding diaryl/α,β-unsaturated/α-hetero) is 1. The first-order valence-electron chi connectivity index (χ1n) is 13.0. The first-order chi connectivity index (χ1) is 18.6. The minimum atomic E-state index is -0.160. The van der Waals surface area contributed by atoms with Gasteiger partial charge in [-0.3, -0.25) is 9.59 Å². The predicted octanol–water partition coefficient (Wildman–Crippen LogP) is 6.51. The van der Waals surface area contributed by atoms with Crippen LogP contribution < -0.4 is 10.2 Å².